The molecule has 1 fully saturated rings. The Morgan fingerprint density at radius 2 is 2.20 bits per heavy atom. The van der Waals surface area contributed by atoms with Gasteiger partial charge in [0.1, 0.15) is 0 Å². The Balaban J connectivity index is 1.98. The topological polar surface area (TPSA) is 18.5 Å². The van der Waals surface area contributed by atoms with Crippen molar-refractivity contribution in [2.24, 2.45) is 0 Å². The molecular formula is C13H16O2. The van der Waals surface area contributed by atoms with Gasteiger partial charge in [0, 0.05) is 13.0 Å². The van der Waals surface area contributed by atoms with E-state index in [0.717, 1.165) is 6.42 Å². The number of ether oxygens (including phenoxy) is 2. The molecule has 1 aliphatic rings. The lowest BCUT2D eigenvalue weighted by Crippen LogP contribution is -2.09. The van der Waals surface area contributed by atoms with Crippen LogP contribution in [-0.2, 0) is 9.47 Å². The summed E-state index contributed by atoms with van der Waals surface area (Å²) in [7, 11) is 0. The van der Waals surface area contributed by atoms with Gasteiger partial charge in [0.15, 0.2) is 6.29 Å². The van der Waals surface area contributed by atoms with Gasteiger partial charge in [-0.25, -0.2) is 0 Å². The van der Waals surface area contributed by atoms with Crippen LogP contribution >= 0.6 is 0 Å². The summed E-state index contributed by atoms with van der Waals surface area (Å²) in [6.07, 6.45) is 3.03. The Morgan fingerprint density at radius 1 is 1.40 bits per heavy atom. The highest BCUT2D eigenvalue weighted by molar-refractivity contribution is 5.53. The van der Waals surface area contributed by atoms with E-state index < -0.39 is 0 Å². The van der Waals surface area contributed by atoms with Gasteiger partial charge in [0.2, 0.25) is 0 Å². The quantitative estimate of drug-likeness (QED) is 0.753. The van der Waals surface area contributed by atoms with Crippen molar-refractivity contribution >= 4 is 6.08 Å². The Labute approximate surface area is 90.5 Å². The summed E-state index contributed by atoms with van der Waals surface area (Å²) in [5.74, 6) is 0. The maximum absolute atomic E-state index is 5.49. The average molecular weight is 204 g/mol. The summed E-state index contributed by atoms with van der Waals surface area (Å²) < 4.78 is 10.9. The first-order chi connectivity index (χ1) is 7.38. The third-order valence-corrected chi connectivity index (χ3v) is 2.41. The van der Waals surface area contributed by atoms with Crippen molar-refractivity contribution in [1.82, 2.24) is 0 Å². The second-order valence-corrected chi connectivity index (χ2v) is 3.61. The van der Waals surface area contributed by atoms with Crippen LogP contribution in [0.25, 0.3) is 6.08 Å². The van der Waals surface area contributed by atoms with Crippen LogP contribution < -0.4 is 0 Å². The molecule has 1 aromatic rings. The van der Waals surface area contributed by atoms with Crippen molar-refractivity contribution < 1.29 is 9.47 Å². The Hall–Kier alpha value is -1.12. The van der Waals surface area contributed by atoms with Gasteiger partial charge in [0.05, 0.1) is 6.61 Å². The molecule has 1 atom stereocenters. The van der Waals surface area contributed by atoms with Crippen molar-refractivity contribution in [3.63, 3.8) is 0 Å². The molecule has 15 heavy (non-hydrogen) atoms. The van der Waals surface area contributed by atoms with Gasteiger partial charge in [-0.3, -0.25) is 0 Å². The molecule has 0 bridgehead atoms. The summed E-state index contributed by atoms with van der Waals surface area (Å²) in [4.78, 5) is 0. The smallest absolute Gasteiger partial charge is 0.161 e. The highest BCUT2D eigenvalue weighted by atomic mass is 16.7. The van der Waals surface area contributed by atoms with E-state index in [1.807, 2.05) is 25.1 Å². The summed E-state index contributed by atoms with van der Waals surface area (Å²) in [6, 6.07) is 10.3. The highest BCUT2D eigenvalue weighted by Gasteiger charge is 2.19. The third-order valence-electron chi connectivity index (χ3n) is 2.41. The summed E-state index contributed by atoms with van der Waals surface area (Å²) in [5.41, 5.74) is 2.54. The van der Waals surface area contributed by atoms with Crippen LogP contribution in [0.4, 0.5) is 0 Å². The normalized spacial score (nSPS) is 23.5. The molecule has 0 spiro atoms. The first-order valence-electron chi connectivity index (χ1n) is 5.36. The number of hydrogen-bond donors (Lipinski definition) is 0. The largest absolute Gasteiger partial charge is 0.353 e. The van der Waals surface area contributed by atoms with E-state index in [2.05, 4.69) is 18.2 Å². The molecule has 2 rings (SSSR count). The lowest BCUT2D eigenvalue weighted by Gasteiger charge is -2.06. The fourth-order valence-electron chi connectivity index (χ4n) is 1.71. The van der Waals surface area contributed by atoms with Gasteiger partial charge in [-0.05, 0) is 18.1 Å². The van der Waals surface area contributed by atoms with Crippen LogP contribution in [0, 0.1) is 0 Å². The summed E-state index contributed by atoms with van der Waals surface area (Å²) in [5, 5.41) is 0. The monoisotopic (exact) mass is 204 g/mol. The Morgan fingerprint density at radius 3 is 2.93 bits per heavy atom. The van der Waals surface area contributed by atoms with Gasteiger partial charge in [0.25, 0.3) is 0 Å². The van der Waals surface area contributed by atoms with Gasteiger partial charge in [-0.1, -0.05) is 36.4 Å². The van der Waals surface area contributed by atoms with E-state index >= 15 is 0 Å². The van der Waals surface area contributed by atoms with E-state index in [0.29, 0.717) is 13.2 Å². The van der Waals surface area contributed by atoms with E-state index in [1.54, 1.807) is 0 Å². The molecule has 0 unspecified atom stereocenters. The zero-order chi connectivity index (χ0) is 10.5. The number of hydrogen-bond acceptors (Lipinski definition) is 2. The van der Waals surface area contributed by atoms with Crippen molar-refractivity contribution in [3.05, 3.63) is 41.5 Å². The SMILES string of the molecule is CCO[C@H]1C/C(=C/c2ccccc2)CO1. The zero-order valence-corrected chi connectivity index (χ0v) is 8.98. The minimum atomic E-state index is -0.0371. The maximum Gasteiger partial charge on any atom is 0.161 e. The standard InChI is InChI=1S/C13H16O2/c1-2-14-13-9-12(10-15-13)8-11-6-4-3-5-7-11/h3-8,13H,2,9-10H2,1H3/b12-8-/t13-/m1/s1. The minimum Gasteiger partial charge on any atom is -0.353 e. The molecule has 1 saturated heterocycles. The molecule has 0 saturated carbocycles. The lowest BCUT2D eigenvalue weighted by atomic mass is 10.1. The molecule has 0 radical (unpaired) electrons. The van der Waals surface area contributed by atoms with E-state index in [1.165, 1.54) is 11.1 Å². The molecule has 0 aliphatic carbocycles. The van der Waals surface area contributed by atoms with Crippen molar-refractivity contribution in [2.45, 2.75) is 19.6 Å². The van der Waals surface area contributed by atoms with Gasteiger partial charge >= 0.3 is 0 Å². The molecule has 1 aromatic carbocycles. The molecule has 0 aromatic heterocycles. The minimum absolute atomic E-state index is 0.0371. The predicted molar refractivity (Wildman–Crippen MR) is 60.4 cm³/mol. The van der Waals surface area contributed by atoms with Gasteiger partial charge < -0.3 is 9.47 Å². The Kier molecular flexibility index (Phi) is 3.54. The molecular weight excluding hydrogens is 188 g/mol. The summed E-state index contributed by atoms with van der Waals surface area (Å²) >= 11 is 0. The molecule has 2 nitrogen and oxygen atoms in total. The second-order valence-electron chi connectivity index (χ2n) is 3.61. The zero-order valence-electron chi connectivity index (χ0n) is 8.98. The van der Waals surface area contributed by atoms with Crippen molar-refractivity contribution in [1.29, 1.82) is 0 Å². The van der Waals surface area contributed by atoms with Crippen LogP contribution in [0.15, 0.2) is 35.9 Å². The first-order valence-corrected chi connectivity index (χ1v) is 5.36. The average Bonchev–Trinajstić information content (AvgIpc) is 2.68. The van der Waals surface area contributed by atoms with Gasteiger partial charge in [-0.15, -0.1) is 0 Å². The molecule has 0 N–H and O–H groups in total. The fourth-order valence-corrected chi connectivity index (χ4v) is 1.71. The van der Waals surface area contributed by atoms with Crippen molar-refractivity contribution in [2.75, 3.05) is 13.2 Å². The van der Waals surface area contributed by atoms with E-state index in [-0.39, 0.29) is 6.29 Å². The van der Waals surface area contributed by atoms with Gasteiger partial charge in [-0.2, -0.15) is 0 Å². The number of rotatable bonds is 3. The molecule has 80 valence electrons. The molecule has 0 amide bonds. The lowest BCUT2D eigenvalue weighted by molar-refractivity contribution is -0.106. The highest BCUT2D eigenvalue weighted by Crippen LogP contribution is 2.21. The van der Waals surface area contributed by atoms with Crippen molar-refractivity contribution in [3.8, 4) is 0 Å². The van der Waals surface area contributed by atoms with Crippen LogP contribution in [0.3, 0.4) is 0 Å². The molecule has 1 heterocycles. The third kappa shape index (κ3) is 2.91. The second kappa shape index (κ2) is 5.10. The summed E-state index contributed by atoms with van der Waals surface area (Å²) in [6.45, 7) is 3.39. The van der Waals surface area contributed by atoms with Crippen LogP contribution in [-0.4, -0.2) is 19.5 Å². The Bertz CT molecular complexity index is 330. The maximum atomic E-state index is 5.49. The van der Waals surface area contributed by atoms with Crippen LogP contribution in [0.1, 0.15) is 18.9 Å². The molecule has 2 heteroatoms. The van der Waals surface area contributed by atoms with Crippen LogP contribution in [0.5, 0.6) is 0 Å². The van der Waals surface area contributed by atoms with E-state index in [4.69, 9.17) is 9.47 Å². The van der Waals surface area contributed by atoms with E-state index in [9.17, 15) is 0 Å². The fraction of sp³-hybridized carbons (Fsp3) is 0.385. The molecule has 1 aliphatic heterocycles. The van der Waals surface area contributed by atoms with Crippen LogP contribution in [0.2, 0.25) is 0 Å². The number of benzene rings is 1. The predicted octanol–water partition coefficient (Wildman–Crippen LogP) is 2.85. The first kappa shape index (κ1) is 10.4.